The molecule has 1 aliphatic rings. The van der Waals surface area contributed by atoms with Crippen molar-refractivity contribution in [3.63, 3.8) is 0 Å². The molecule has 2 amide bonds. The third kappa shape index (κ3) is 7.03. The molecule has 200 valence electrons. The molecule has 0 spiro atoms. The van der Waals surface area contributed by atoms with Gasteiger partial charge in [-0.05, 0) is 53.6 Å². The summed E-state index contributed by atoms with van der Waals surface area (Å²) in [5, 5.41) is 0. The Hall–Kier alpha value is -3.60. The SMILES string of the molecule is CN(Cc1ccccc1)C(=O)CC1(COc2ccccc2)CCCN(C(=O)c2ccc(C(C)(C)C)cc2)C1. The molecule has 4 rings (SSSR count). The van der Waals surface area contributed by atoms with E-state index in [9.17, 15) is 9.59 Å². The number of carbonyl (C=O) groups is 2. The Morgan fingerprint density at radius 1 is 0.921 bits per heavy atom. The average Bonchev–Trinajstić information content (AvgIpc) is 2.92. The van der Waals surface area contributed by atoms with Crippen LogP contribution in [0.2, 0.25) is 0 Å². The molecule has 1 atom stereocenters. The number of benzene rings is 3. The minimum atomic E-state index is -0.461. The second-order valence-electron chi connectivity index (χ2n) is 11.7. The van der Waals surface area contributed by atoms with Crippen LogP contribution in [0.4, 0.5) is 0 Å². The fraction of sp³-hybridized carbons (Fsp3) is 0.394. The summed E-state index contributed by atoms with van der Waals surface area (Å²) in [6, 6.07) is 27.7. The molecule has 0 radical (unpaired) electrons. The molecular weight excluding hydrogens is 472 g/mol. The van der Waals surface area contributed by atoms with E-state index in [0.717, 1.165) is 24.2 Å². The van der Waals surface area contributed by atoms with Crippen LogP contribution in [0.5, 0.6) is 5.75 Å². The van der Waals surface area contributed by atoms with Crippen molar-refractivity contribution in [2.75, 3.05) is 26.7 Å². The van der Waals surface area contributed by atoms with Crippen molar-refractivity contribution < 1.29 is 14.3 Å². The maximum absolute atomic E-state index is 13.6. The number of ether oxygens (including phenoxy) is 1. The topological polar surface area (TPSA) is 49.9 Å². The molecule has 1 unspecified atom stereocenters. The Morgan fingerprint density at radius 3 is 2.18 bits per heavy atom. The number of rotatable bonds is 8. The summed E-state index contributed by atoms with van der Waals surface area (Å²) in [5.74, 6) is 0.854. The molecule has 1 aliphatic heterocycles. The van der Waals surface area contributed by atoms with Crippen molar-refractivity contribution in [3.8, 4) is 5.75 Å². The molecule has 5 nitrogen and oxygen atoms in total. The highest BCUT2D eigenvalue weighted by Crippen LogP contribution is 2.36. The number of para-hydroxylation sites is 1. The van der Waals surface area contributed by atoms with Gasteiger partial charge in [-0.1, -0.05) is 81.4 Å². The number of piperidine rings is 1. The van der Waals surface area contributed by atoms with Gasteiger partial charge in [0.1, 0.15) is 5.75 Å². The highest BCUT2D eigenvalue weighted by atomic mass is 16.5. The average molecular weight is 513 g/mol. The minimum Gasteiger partial charge on any atom is -0.493 e. The van der Waals surface area contributed by atoms with Crippen LogP contribution in [-0.4, -0.2) is 48.4 Å². The monoisotopic (exact) mass is 512 g/mol. The number of amides is 2. The largest absolute Gasteiger partial charge is 0.493 e. The minimum absolute atomic E-state index is 0.0133. The van der Waals surface area contributed by atoms with E-state index in [4.69, 9.17) is 4.74 Å². The molecule has 38 heavy (non-hydrogen) atoms. The molecule has 1 fully saturated rings. The summed E-state index contributed by atoms with van der Waals surface area (Å²) < 4.78 is 6.23. The maximum atomic E-state index is 13.6. The van der Waals surface area contributed by atoms with Gasteiger partial charge in [0, 0.05) is 44.1 Å². The molecule has 0 N–H and O–H groups in total. The number of hydrogen-bond donors (Lipinski definition) is 0. The fourth-order valence-electron chi connectivity index (χ4n) is 5.14. The number of hydrogen-bond acceptors (Lipinski definition) is 3. The van der Waals surface area contributed by atoms with Gasteiger partial charge in [-0.25, -0.2) is 0 Å². The first-order valence-electron chi connectivity index (χ1n) is 13.5. The Balaban J connectivity index is 1.52. The maximum Gasteiger partial charge on any atom is 0.253 e. The summed E-state index contributed by atoms with van der Waals surface area (Å²) in [4.78, 5) is 30.7. The van der Waals surface area contributed by atoms with Crippen LogP contribution in [-0.2, 0) is 16.8 Å². The van der Waals surface area contributed by atoms with Crippen LogP contribution in [0.25, 0.3) is 0 Å². The Bertz CT molecular complexity index is 1200. The van der Waals surface area contributed by atoms with Crippen molar-refractivity contribution in [2.45, 2.75) is 52.0 Å². The van der Waals surface area contributed by atoms with Crippen LogP contribution in [0, 0.1) is 5.41 Å². The zero-order valence-corrected chi connectivity index (χ0v) is 23.2. The molecule has 0 bridgehead atoms. The Labute approximate surface area is 227 Å². The van der Waals surface area contributed by atoms with Gasteiger partial charge < -0.3 is 14.5 Å². The third-order valence-corrected chi connectivity index (χ3v) is 7.45. The number of carbonyl (C=O) groups excluding carboxylic acids is 2. The zero-order valence-electron chi connectivity index (χ0n) is 23.2. The van der Waals surface area contributed by atoms with Gasteiger partial charge in [0.05, 0.1) is 6.61 Å². The molecule has 3 aromatic rings. The third-order valence-electron chi connectivity index (χ3n) is 7.45. The van der Waals surface area contributed by atoms with E-state index in [2.05, 4.69) is 20.8 Å². The van der Waals surface area contributed by atoms with E-state index in [-0.39, 0.29) is 17.2 Å². The highest BCUT2D eigenvalue weighted by molar-refractivity contribution is 5.94. The number of likely N-dealkylation sites (tertiary alicyclic amines) is 1. The predicted molar refractivity (Wildman–Crippen MR) is 152 cm³/mol. The lowest BCUT2D eigenvalue weighted by Crippen LogP contribution is -2.50. The van der Waals surface area contributed by atoms with Crippen molar-refractivity contribution in [3.05, 3.63) is 102 Å². The first-order valence-corrected chi connectivity index (χ1v) is 13.5. The van der Waals surface area contributed by atoms with E-state index in [1.54, 1.807) is 4.90 Å². The second-order valence-corrected chi connectivity index (χ2v) is 11.7. The quantitative estimate of drug-likeness (QED) is 0.354. The Morgan fingerprint density at radius 2 is 1.55 bits per heavy atom. The van der Waals surface area contributed by atoms with Gasteiger partial charge >= 0.3 is 0 Å². The van der Waals surface area contributed by atoms with E-state index in [1.807, 2.05) is 96.9 Å². The fourth-order valence-corrected chi connectivity index (χ4v) is 5.14. The normalized spacial score (nSPS) is 17.6. The van der Waals surface area contributed by atoms with Crippen LogP contribution >= 0.6 is 0 Å². The standard InChI is InChI=1S/C33H40N2O3/c1-32(2,3)28-18-16-27(17-19-28)31(37)35-21-11-20-33(24-35,25-38-29-14-9-6-10-15-29)22-30(36)34(4)23-26-12-7-5-8-13-26/h5-10,12-19H,11,20-25H2,1-4H3. The Kier molecular flexibility index (Phi) is 8.55. The molecular formula is C33H40N2O3. The summed E-state index contributed by atoms with van der Waals surface area (Å²) in [7, 11) is 1.85. The molecule has 0 saturated carbocycles. The summed E-state index contributed by atoms with van der Waals surface area (Å²) in [5.41, 5.74) is 2.55. The lowest BCUT2D eigenvalue weighted by molar-refractivity contribution is -0.134. The molecule has 0 aromatic heterocycles. The van der Waals surface area contributed by atoms with Crippen LogP contribution in [0.3, 0.4) is 0 Å². The zero-order chi connectivity index (χ0) is 27.2. The van der Waals surface area contributed by atoms with Gasteiger partial charge in [-0.2, -0.15) is 0 Å². The van der Waals surface area contributed by atoms with E-state index in [0.29, 0.717) is 38.2 Å². The molecule has 3 aromatic carbocycles. The van der Waals surface area contributed by atoms with E-state index in [1.165, 1.54) is 5.56 Å². The van der Waals surface area contributed by atoms with Gasteiger partial charge in [0.2, 0.25) is 5.91 Å². The summed E-state index contributed by atoms with van der Waals surface area (Å²) in [6.45, 7) is 8.61. The van der Waals surface area contributed by atoms with Crippen LogP contribution in [0.15, 0.2) is 84.9 Å². The predicted octanol–water partition coefficient (Wildman–Crippen LogP) is 6.33. The van der Waals surface area contributed by atoms with Gasteiger partial charge in [0.25, 0.3) is 5.91 Å². The molecule has 1 saturated heterocycles. The highest BCUT2D eigenvalue weighted by Gasteiger charge is 2.40. The van der Waals surface area contributed by atoms with Gasteiger partial charge in [0.15, 0.2) is 0 Å². The van der Waals surface area contributed by atoms with Gasteiger partial charge in [-0.3, -0.25) is 9.59 Å². The summed E-state index contributed by atoms with van der Waals surface area (Å²) >= 11 is 0. The van der Waals surface area contributed by atoms with Crippen molar-refractivity contribution in [2.24, 2.45) is 5.41 Å². The smallest absolute Gasteiger partial charge is 0.253 e. The number of nitrogens with zero attached hydrogens (tertiary/aromatic N) is 2. The summed E-state index contributed by atoms with van der Waals surface area (Å²) in [6.07, 6.45) is 1.99. The molecule has 5 heteroatoms. The van der Waals surface area contributed by atoms with Crippen LogP contribution < -0.4 is 4.74 Å². The molecule has 1 heterocycles. The lowest BCUT2D eigenvalue weighted by atomic mass is 9.77. The first-order chi connectivity index (χ1) is 18.2. The van der Waals surface area contributed by atoms with Gasteiger partial charge in [-0.15, -0.1) is 0 Å². The van der Waals surface area contributed by atoms with E-state index < -0.39 is 5.41 Å². The second kappa shape index (κ2) is 11.8. The van der Waals surface area contributed by atoms with Crippen molar-refractivity contribution >= 4 is 11.8 Å². The molecule has 0 aliphatic carbocycles. The van der Waals surface area contributed by atoms with E-state index >= 15 is 0 Å². The first kappa shape index (κ1) is 27.4. The lowest BCUT2D eigenvalue weighted by Gasteiger charge is -2.43. The van der Waals surface area contributed by atoms with Crippen molar-refractivity contribution in [1.82, 2.24) is 9.80 Å². The van der Waals surface area contributed by atoms with Crippen LogP contribution in [0.1, 0.15) is 61.5 Å². The van der Waals surface area contributed by atoms with Crippen molar-refractivity contribution in [1.29, 1.82) is 0 Å².